The van der Waals surface area contributed by atoms with Gasteiger partial charge in [-0.1, -0.05) is 6.07 Å². The van der Waals surface area contributed by atoms with E-state index in [-0.39, 0.29) is 0 Å². The van der Waals surface area contributed by atoms with Gasteiger partial charge in [0, 0.05) is 37.6 Å². The van der Waals surface area contributed by atoms with E-state index in [9.17, 15) is 0 Å². The van der Waals surface area contributed by atoms with Crippen LogP contribution in [0.5, 0.6) is 0 Å². The number of hydrogen-bond donors (Lipinski definition) is 0. The first-order valence-electron chi connectivity index (χ1n) is 13.2. The Morgan fingerprint density at radius 3 is 0.889 bits per heavy atom. The number of nitrogens with zero attached hydrogens (tertiary/aromatic N) is 2. The van der Waals surface area contributed by atoms with Crippen LogP contribution in [-0.4, -0.2) is 132 Å². The van der Waals surface area contributed by atoms with Crippen LogP contribution in [0.3, 0.4) is 0 Å². The second-order valence-corrected chi connectivity index (χ2v) is 8.39. The minimum Gasteiger partial charge on any atom is -0.377 e. The minimum atomic E-state index is 0.576. The molecule has 2 heterocycles. The quantitative estimate of drug-likeness (QED) is 0.581. The Bertz CT molecular complexity index is 585. The van der Waals surface area contributed by atoms with E-state index < -0.39 is 0 Å². The highest BCUT2D eigenvalue weighted by atomic mass is 16.6. The number of ether oxygens (including phenoxy) is 8. The molecule has 0 saturated carbocycles. The third kappa shape index (κ3) is 12.6. The van der Waals surface area contributed by atoms with Gasteiger partial charge in [-0.2, -0.15) is 0 Å². The summed E-state index contributed by atoms with van der Waals surface area (Å²) < 4.78 is 45.3. The Hall–Kier alpha value is -1.50. The zero-order valence-electron chi connectivity index (χ0n) is 21.6. The molecule has 2 fully saturated rings. The second kappa shape index (κ2) is 19.6. The first-order valence-corrected chi connectivity index (χ1v) is 13.2. The molecular formula is C26H44N2O8. The summed E-state index contributed by atoms with van der Waals surface area (Å²) in [5.41, 5.74) is 2.27. The van der Waals surface area contributed by atoms with Gasteiger partial charge in [-0.15, -0.1) is 0 Å². The molecule has 206 valence electrons. The monoisotopic (exact) mass is 512 g/mol. The van der Waals surface area contributed by atoms with Crippen molar-refractivity contribution in [1.29, 1.82) is 0 Å². The molecule has 2 aliphatic rings. The van der Waals surface area contributed by atoms with E-state index in [2.05, 4.69) is 34.1 Å². The minimum absolute atomic E-state index is 0.576. The van der Waals surface area contributed by atoms with Gasteiger partial charge in [0.1, 0.15) is 0 Å². The zero-order valence-corrected chi connectivity index (χ0v) is 21.6. The summed E-state index contributed by atoms with van der Waals surface area (Å²) in [7, 11) is 0. The van der Waals surface area contributed by atoms with Gasteiger partial charge < -0.3 is 47.7 Å². The Kier molecular flexibility index (Phi) is 15.8. The lowest BCUT2D eigenvalue weighted by molar-refractivity contribution is 0.00206. The van der Waals surface area contributed by atoms with E-state index in [0.29, 0.717) is 106 Å². The van der Waals surface area contributed by atoms with Gasteiger partial charge >= 0.3 is 0 Å². The largest absolute Gasteiger partial charge is 0.377 e. The predicted octanol–water partition coefficient (Wildman–Crippen LogP) is 1.46. The van der Waals surface area contributed by atoms with Crippen molar-refractivity contribution >= 4 is 11.4 Å². The van der Waals surface area contributed by atoms with E-state index in [1.165, 1.54) is 0 Å². The summed E-state index contributed by atoms with van der Waals surface area (Å²) in [6.45, 7) is 12.5. The highest BCUT2D eigenvalue weighted by Crippen LogP contribution is 2.23. The van der Waals surface area contributed by atoms with E-state index in [4.69, 9.17) is 37.9 Å². The SMILES string of the molecule is c1cc(N2CCOCCOCCOCCOCC2)cc(N2CCOCCOCCOCCOCC2)c1. The third-order valence-electron chi connectivity index (χ3n) is 5.81. The number of anilines is 2. The van der Waals surface area contributed by atoms with E-state index in [1.807, 2.05) is 0 Å². The van der Waals surface area contributed by atoms with Crippen LogP contribution >= 0.6 is 0 Å². The van der Waals surface area contributed by atoms with Crippen molar-refractivity contribution in [3.8, 4) is 0 Å². The van der Waals surface area contributed by atoms with Crippen molar-refractivity contribution in [2.45, 2.75) is 0 Å². The van der Waals surface area contributed by atoms with Gasteiger partial charge in [-0.05, 0) is 18.2 Å². The molecule has 0 aliphatic carbocycles. The fourth-order valence-electron chi connectivity index (χ4n) is 3.85. The highest BCUT2D eigenvalue weighted by molar-refractivity contribution is 5.59. The van der Waals surface area contributed by atoms with Gasteiger partial charge in [0.15, 0.2) is 0 Å². The van der Waals surface area contributed by atoms with Crippen molar-refractivity contribution in [1.82, 2.24) is 0 Å². The fraction of sp³-hybridized carbons (Fsp3) is 0.769. The molecule has 0 amide bonds. The standard InChI is InChI=1S/C26H44N2O8/c1-2-25(27-4-8-29-12-16-33-20-21-34-17-13-30-9-5-27)24-26(3-1)28-6-10-31-14-18-35-22-23-36-19-15-32-11-7-28/h1-3,24H,4-23H2. The van der Waals surface area contributed by atoms with Gasteiger partial charge in [0.2, 0.25) is 0 Å². The Balaban J connectivity index is 1.60. The van der Waals surface area contributed by atoms with Crippen molar-refractivity contribution in [2.24, 2.45) is 0 Å². The fourth-order valence-corrected chi connectivity index (χ4v) is 3.85. The molecule has 10 nitrogen and oxygen atoms in total. The van der Waals surface area contributed by atoms with Crippen LogP contribution in [-0.2, 0) is 37.9 Å². The maximum Gasteiger partial charge on any atom is 0.0701 e. The zero-order chi connectivity index (χ0) is 24.9. The first kappa shape index (κ1) is 29.1. The summed E-state index contributed by atoms with van der Waals surface area (Å²) >= 11 is 0. The molecule has 2 saturated heterocycles. The molecule has 1 aromatic carbocycles. The summed E-state index contributed by atoms with van der Waals surface area (Å²) in [4.78, 5) is 4.61. The van der Waals surface area contributed by atoms with Crippen molar-refractivity contribution in [3.63, 3.8) is 0 Å². The topological polar surface area (TPSA) is 80.3 Å². The maximum absolute atomic E-state index is 5.80. The normalized spacial score (nSPS) is 22.6. The van der Waals surface area contributed by atoms with Crippen molar-refractivity contribution in [3.05, 3.63) is 24.3 Å². The van der Waals surface area contributed by atoms with Crippen LogP contribution in [0.2, 0.25) is 0 Å². The van der Waals surface area contributed by atoms with Crippen LogP contribution in [0.15, 0.2) is 24.3 Å². The van der Waals surface area contributed by atoms with Gasteiger partial charge in [0.05, 0.1) is 106 Å². The molecule has 2 aliphatic heterocycles. The molecule has 1 aromatic rings. The molecule has 0 bridgehead atoms. The predicted molar refractivity (Wildman–Crippen MR) is 137 cm³/mol. The lowest BCUT2D eigenvalue weighted by Gasteiger charge is -2.29. The average Bonchev–Trinajstić information content (AvgIpc) is 2.92. The summed E-state index contributed by atoms with van der Waals surface area (Å²) in [5, 5.41) is 0. The second-order valence-electron chi connectivity index (χ2n) is 8.39. The molecule has 0 N–H and O–H groups in total. The first-order chi connectivity index (χ1) is 17.9. The van der Waals surface area contributed by atoms with Crippen LogP contribution in [0.1, 0.15) is 0 Å². The van der Waals surface area contributed by atoms with Crippen LogP contribution in [0.25, 0.3) is 0 Å². The molecule has 0 radical (unpaired) electrons. The lowest BCUT2D eigenvalue weighted by Crippen LogP contribution is -2.33. The molecule has 0 aromatic heterocycles. The Labute approximate surface area is 215 Å². The van der Waals surface area contributed by atoms with Crippen molar-refractivity contribution in [2.75, 3.05) is 142 Å². The number of hydrogen-bond acceptors (Lipinski definition) is 10. The summed E-state index contributed by atoms with van der Waals surface area (Å²) in [6, 6.07) is 8.60. The summed E-state index contributed by atoms with van der Waals surface area (Å²) in [5.74, 6) is 0. The average molecular weight is 513 g/mol. The van der Waals surface area contributed by atoms with E-state index in [1.54, 1.807) is 0 Å². The van der Waals surface area contributed by atoms with Crippen molar-refractivity contribution < 1.29 is 37.9 Å². The molecule has 10 heteroatoms. The van der Waals surface area contributed by atoms with Gasteiger partial charge in [0.25, 0.3) is 0 Å². The number of rotatable bonds is 2. The molecule has 0 unspecified atom stereocenters. The molecule has 36 heavy (non-hydrogen) atoms. The summed E-state index contributed by atoms with van der Waals surface area (Å²) in [6.07, 6.45) is 0. The molecule has 0 spiro atoms. The molecular weight excluding hydrogens is 468 g/mol. The van der Waals surface area contributed by atoms with Crippen LogP contribution < -0.4 is 9.80 Å². The van der Waals surface area contributed by atoms with Crippen LogP contribution in [0.4, 0.5) is 11.4 Å². The third-order valence-corrected chi connectivity index (χ3v) is 5.81. The maximum atomic E-state index is 5.80. The Morgan fingerprint density at radius 2 is 0.611 bits per heavy atom. The highest BCUT2D eigenvalue weighted by Gasteiger charge is 2.12. The van der Waals surface area contributed by atoms with E-state index >= 15 is 0 Å². The van der Waals surface area contributed by atoms with E-state index in [0.717, 1.165) is 37.6 Å². The smallest absolute Gasteiger partial charge is 0.0701 e. The van der Waals surface area contributed by atoms with Gasteiger partial charge in [-0.3, -0.25) is 0 Å². The number of benzene rings is 1. The molecule has 0 atom stereocenters. The van der Waals surface area contributed by atoms with Crippen LogP contribution in [0, 0.1) is 0 Å². The van der Waals surface area contributed by atoms with Gasteiger partial charge in [-0.25, -0.2) is 0 Å². The Morgan fingerprint density at radius 1 is 0.361 bits per heavy atom. The molecule has 3 rings (SSSR count). The lowest BCUT2D eigenvalue weighted by atomic mass is 10.2.